The normalized spacial score (nSPS) is 17.5. The summed E-state index contributed by atoms with van der Waals surface area (Å²) in [5, 5.41) is 5.30. The van der Waals surface area contributed by atoms with E-state index in [-0.39, 0.29) is 36.7 Å². The van der Waals surface area contributed by atoms with Crippen LogP contribution in [-0.2, 0) is 14.4 Å². The zero-order valence-electron chi connectivity index (χ0n) is 13.1. The number of carbonyl (C=O) groups excluding carboxylic acids is 3. The van der Waals surface area contributed by atoms with Crippen molar-refractivity contribution >= 4 is 39.3 Å². The van der Waals surface area contributed by atoms with Crippen molar-refractivity contribution in [2.24, 2.45) is 5.92 Å². The highest BCUT2D eigenvalue weighted by atomic mass is 79.9. The summed E-state index contributed by atoms with van der Waals surface area (Å²) >= 11 is 3.37. The average molecular weight is 382 g/mol. The van der Waals surface area contributed by atoms with Crippen molar-refractivity contribution in [1.82, 2.24) is 10.6 Å². The third-order valence-corrected chi connectivity index (χ3v) is 3.98. The van der Waals surface area contributed by atoms with Gasteiger partial charge in [-0.1, -0.05) is 22.0 Å². The molecule has 1 aliphatic heterocycles. The first kappa shape index (κ1) is 17.5. The van der Waals surface area contributed by atoms with Gasteiger partial charge in [-0.05, 0) is 32.0 Å². The minimum atomic E-state index is -0.437. The fourth-order valence-electron chi connectivity index (χ4n) is 2.46. The fraction of sp³-hybridized carbons (Fsp3) is 0.438. The maximum absolute atomic E-state index is 12.1. The molecule has 6 nitrogen and oxygen atoms in total. The molecule has 1 aromatic rings. The van der Waals surface area contributed by atoms with Crippen molar-refractivity contribution < 1.29 is 14.4 Å². The van der Waals surface area contributed by atoms with E-state index in [1.807, 2.05) is 38.1 Å². The molecular formula is C16H20BrN3O3. The Morgan fingerprint density at radius 2 is 2.13 bits per heavy atom. The van der Waals surface area contributed by atoms with Crippen molar-refractivity contribution in [3.63, 3.8) is 0 Å². The molecule has 0 saturated carbocycles. The molecule has 7 heteroatoms. The lowest BCUT2D eigenvalue weighted by molar-refractivity contribution is -0.129. The van der Waals surface area contributed by atoms with Crippen molar-refractivity contribution in [2.75, 3.05) is 18.0 Å². The number of hydrogen-bond donors (Lipinski definition) is 2. The summed E-state index contributed by atoms with van der Waals surface area (Å²) in [5.41, 5.74) is 0.761. The van der Waals surface area contributed by atoms with Gasteiger partial charge in [-0.25, -0.2) is 0 Å². The molecule has 0 aromatic heterocycles. The largest absolute Gasteiger partial charge is 0.352 e. The van der Waals surface area contributed by atoms with Gasteiger partial charge in [-0.3, -0.25) is 14.4 Å². The van der Waals surface area contributed by atoms with E-state index in [2.05, 4.69) is 26.6 Å². The molecule has 0 spiro atoms. The second-order valence-corrected chi connectivity index (χ2v) is 6.74. The van der Waals surface area contributed by atoms with Gasteiger partial charge in [-0.15, -0.1) is 0 Å². The number of nitrogens with zero attached hydrogens (tertiary/aromatic N) is 1. The number of hydrogen-bond acceptors (Lipinski definition) is 3. The molecule has 0 radical (unpaired) electrons. The smallest absolute Gasteiger partial charge is 0.239 e. The van der Waals surface area contributed by atoms with Crippen LogP contribution >= 0.6 is 15.9 Å². The Kier molecular flexibility index (Phi) is 5.76. The first-order valence-corrected chi connectivity index (χ1v) is 8.29. The molecule has 1 heterocycles. The molecule has 1 aromatic carbocycles. The van der Waals surface area contributed by atoms with Crippen LogP contribution in [0, 0.1) is 5.92 Å². The first-order valence-electron chi connectivity index (χ1n) is 7.50. The fourth-order valence-corrected chi connectivity index (χ4v) is 2.85. The molecule has 3 amide bonds. The van der Waals surface area contributed by atoms with Crippen molar-refractivity contribution in [2.45, 2.75) is 26.3 Å². The number of benzene rings is 1. The summed E-state index contributed by atoms with van der Waals surface area (Å²) in [6, 6.07) is 7.42. The van der Waals surface area contributed by atoms with Gasteiger partial charge in [0.2, 0.25) is 17.7 Å². The molecule has 1 fully saturated rings. The molecule has 1 atom stereocenters. The van der Waals surface area contributed by atoms with E-state index in [0.29, 0.717) is 6.54 Å². The summed E-state index contributed by atoms with van der Waals surface area (Å²) in [5.74, 6) is -1.03. The number of anilines is 1. The molecular weight excluding hydrogens is 362 g/mol. The van der Waals surface area contributed by atoms with Crippen LogP contribution in [-0.4, -0.2) is 36.9 Å². The van der Waals surface area contributed by atoms with Crippen LogP contribution in [0.3, 0.4) is 0 Å². The lowest BCUT2D eigenvalue weighted by atomic mass is 10.1. The lowest BCUT2D eigenvalue weighted by Crippen LogP contribution is -2.42. The Hall–Kier alpha value is -1.89. The average Bonchev–Trinajstić information content (AvgIpc) is 2.86. The Bertz CT molecular complexity index is 618. The summed E-state index contributed by atoms with van der Waals surface area (Å²) in [6.45, 7) is 3.96. The maximum Gasteiger partial charge on any atom is 0.239 e. The van der Waals surface area contributed by atoms with Crippen LogP contribution in [0.4, 0.5) is 5.69 Å². The predicted octanol–water partition coefficient (Wildman–Crippen LogP) is 1.44. The Balaban J connectivity index is 1.91. The van der Waals surface area contributed by atoms with Crippen LogP contribution in [0.2, 0.25) is 0 Å². The molecule has 1 unspecified atom stereocenters. The van der Waals surface area contributed by atoms with Gasteiger partial charge >= 0.3 is 0 Å². The molecule has 1 saturated heterocycles. The number of carbonyl (C=O) groups is 3. The lowest BCUT2D eigenvalue weighted by Gasteiger charge is -2.17. The van der Waals surface area contributed by atoms with Crippen molar-refractivity contribution in [3.8, 4) is 0 Å². The second-order valence-electron chi connectivity index (χ2n) is 5.83. The van der Waals surface area contributed by atoms with E-state index >= 15 is 0 Å². The van der Waals surface area contributed by atoms with E-state index in [4.69, 9.17) is 0 Å². The van der Waals surface area contributed by atoms with Gasteiger partial charge < -0.3 is 15.5 Å². The second kappa shape index (κ2) is 7.59. The van der Waals surface area contributed by atoms with Crippen molar-refractivity contribution in [3.05, 3.63) is 28.7 Å². The van der Waals surface area contributed by atoms with Gasteiger partial charge in [-0.2, -0.15) is 0 Å². The van der Waals surface area contributed by atoms with Crippen LogP contribution in [0.15, 0.2) is 28.7 Å². The number of amides is 3. The Labute approximate surface area is 143 Å². The Morgan fingerprint density at radius 1 is 1.39 bits per heavy atom. The SMILES string of the molecule is CC(C)NC(=O)CNC(=O)C1CC(=O)N(c2cccc(Br)c2)C1. The maximum atomic E-state index is 12.1. The standard InChI is InChI=1S/C16H20BrN3O3/c1-10(2)19-14(21)8-18-16(23)11-6-15(22)20(9-11)13-5-3-4-12(17)7-13/h3-5,7,10-11H,6,8-9H2,1-2H3,(H,18,23)(H,19,21). The first-order chi connectivity index (χ1) is 10.9. The minimum absolute atomic E-state index is 0.0273. The van der Waals surface area contributed by atoms with Crippen molar-refractivity contribution in [1.29, 1.82) is 0 Å². The van der Waals surface area contributed by atoms with Gasteiger partial charge in [0.1, 0.15) is 0 Å². The molecule has 124 valence electrons. The van der Waals surface area contributed by atoms with Crippen LogP contribution in [0.25, 0.3) is 0 Å². The molecule has 0 bridgehead atoms. The van der Waals surface area contributed by atoms with Gasteiger partial charge in [0.05, 0.1) is 12.5 Å². The molecule has 2 N–H and O–H groups in total. The monoisotopic (exact) mass is 381 g/mol. The minimum Gasteiger partial charge on any atom is -0.352 e. The predicted molar refractivity (Wildman–Crippen MR) is 90.9 cm³/mol. The summed E-state index contributed by atoms with van der Waals surface area (Å²) in [7, 11) is 0. The molecule has 1 aliphatic rings. The zero-order chi connectivity index (χ0) is 17.0. The third-order valence-electron chi connectivity index (χ3n) is 3.49. The van der Waals surface area contributed by atoms with E-state index in [0.717, 1.165) is 10.2 Å². The highest BCUT2D eigenvalue weighted by Crippen LogP contribution is 2.27. The topological polar surface area (TPSA) is 78.5 Å². The van der Waals surface area contributed by atoms with Gasteiger partial charge in [0, 0.05) is 29.2 Å². The van der Waals surface area contributed by atoms with Crippen LogP contribution in [0.5, 0.6) is 0 Å². The quantitative estimate of drug-likeness (QED) is 0.809. The van der Waals surface area contributed by atoms with Gasteiger partial charge in [0.25, 0.3) is 0 Å². The number of rotatable bonds is 5. The Morgan fingerprint density at radius 3 is 2.78 bits per heavy atom. The number of halogens is 1. The third kappa shape index (κ3) is 4.79. The van der Waals surface area contributed by atoms with E-state index in [1.54, 1.807) is 4.90 Å². The van der Waals surface area contributed by atoms with E-state index in [9.17, 15) is 14.4 Å². The summed E-state index contributed by atoms with van der Waals surface area (Å²) in [6.07, 6.45) is 0.157. The molecule has 0 aliphatic carbocycles. The highest BCUT2D eigenvalue weighted by molar-refractivity contribution is 9.10. The van der Waals surface area contributed by atoms with E-state index < -0.39 is 5.92 Å². The summed E-state index contributed by atoms with van der Waals surface area (Å²) < 4.78 is 0.876. The number of nitrogens with one attached hydrogen (secondary N) is 2. The van der Waals surface area contributed by atoms with Gasteiger partial charge in [0.15, 0.2) is 0 Å². The molecule has 2 rings (SSSR count). The van der Waals surface area contributed by atoms with Crippen LogP contribution < -0.4 is 15.5 Å². The van der Waals surface area contributed by atoms with E-state index in [1.165, 1.54) is 0 Å². The summed E-state index contributed by atoms with van der Waals surface area (Å²) in [4.78, 5) is 37.4. The zero-order valence-corrected chi connectivity index (χ0v) is 14.7. The van der Waals surface area contributed by atoms with Crippen LogP contribution in [0.1, 0.15) is 20.3 Å². The molecule has 23 heavy (non-hydrogen) atoms. The highest BCUT2D eigenvalue weighted by Gasteiger charge is 2.35.